The van der Waals surface area contributed by atoms with Crippen molar-refractivity contribution >= 4 is 22.9 Å². The number of rotatable bonds is 6. The highest BCUT2D eigenvalue weighted by atomic mass is 35.5. The molecule has 0 saturated heterocycles. The fraction of sp³-hybridized carbons (Fsp3) is 0.462. The SMILES string of the molecule is CCCNCc1cn(Cc2ccc(Cl)s2)nc1C. The molecular formula is C13H18ClN3S. The van der Waals surface area contributed by atoms with Gasteiger partial charge >= 0.3 is 0 Å². The van der Waals surface area contributed by atoms with Crippen molar-refractivity contribution in [3.63, 3.8) is 0 Å². The molecule has 0 aromatic carbocycles. The molecule has 3 nitrogen and oxygen atoms in total. The maximum atomic E-state index is 5.93. The number of thiophene rings is 1. The fourth-order valence-electron chi connectivity index (χ4n) is 1.81. The second-order valence-corrected chi connectivity index (χ2v) is 6.12. The molecule has 1 N–H and O–H groups in total. The summed E-state index contributed by atoms with van der Waals surface area (Å²) in [6.45, 7) is 6.96. The first kappa shape index (κ1) is 13.6. The zero-order valence-corrected chi connectivity index (χ0v) is 12.3. The van der Waals surface area contributed by atoms with Crippen molar-refractivity contribution in [3.05, 3.63) is 38.8 Å². The molecule has 18 heavy (non-hydrogen) atoms. The first-order valence-corrected chi connectivity index (χ1v) is 7.36. The largest absolute Gasteiger partial charge is 0.313 e. The average molecular weight is 284 g/mol. The zero-order chi connectivity index (χ0) is 13.0. The Labute approximate surface area is 117 Å². The zero-order valence-electron chi connectivity index (χ0n) is 10.7. The van der Waals surface area contributed by atoms with Gasteiger partial charge in [0, 0.05) is 23.2 Å². The van der Waals surface area contributed by atoms with Gasteiger partial charge in [0.15, 0.2) is 0 Å². The quantitative estimate of drug-likeness (QED) is 0.823. The Morgan fingerprint density at radius 2 is 2.28 bits per heavy atom. The minimum atomic E-state index is 0.798. The second kappa shape index (κ2) is 6.36. The highest BCUT2D eigenvalue weighted by Crippen LogP contribution is 2.22. The molecule has 5 heteroatoms. The first-order valence-electron chi connectivity index (χ1n) is 6.17. The van der Waals surface area contributed by atoms with Crippen molar-refractivity contribution in [1.82, 2.24) is 15.1 Å². The van der Waals surface area contributed by atoms with Crippen molar-refractivity contribution in [3.8, 4) is 0 Å². The van der Waals surface area contributed by atoms with E-state index in [1.165, 1.54) is 10.4 Å². The van der Waals surface area contributed by atoms with E-state index in [2.05, 4.69) is 36.5 Å². The maximum absolute atomic E-state index is 5.93. The van der Waals surface area contributed by atoms with Crippen LogP contribution in [0.4, 0.5) is 0 Å². The normalized spacial score (nSPS) is 11.1. The molecule has 98 valence electrons. The van der Waals surface area contributed by atoms with Gasteiger partial charge in [0.1, 0.15) is 0 Å². The smallest absolute Gasteiger partial charge is 0.0931 e. The molecule has 2 rings (SSSR count). The fourth-order valence-corrected chi connectivity index (χ4v) is 2.89. The Bertz CT molecular complexity index is 504. The van der Waals surface area contributed by atoms with Crippen LogP contribution >= 0.6 is 22.9 Å². The van der Waals surface area contributed by atoms with Gasteiger partial charge in [-0.1, -0.05) is 18.5 Å². The molecule has 0 fully saturated rings. The van der Waals surface area contributed by atoms with Crippen LogP contribution in [0.5, 0.6) is 0 Å². The Morgan fingerprint density at radius 1 is 1.44 bits per heavy atom. The van der Waals surface area contributed by atoms with Gasteiger partial charge in [-0.05, 0) is 32.0 Å². The minimum Gasteiger partial charge on any atom is -0.313 e. The number of hydrogen-bond donors (Lipinski definition) is 1. The third-order valence-corrected chi connectivity index (χ3v) is 3.95. The van der Waals surface area contributed by atoms with Crippen LogP contribution in [0.2, 0.25) is 4.34 Å². The summed E-state index contributed by atoms with van der Waals surface area (Å²) in [7, 11) is 0. The first-order chi connectivity index (χ1) is 8.69. The summed E-state index contributed by atoms with van der Waals surface area (Å²) in [5.41, 5.74) is 2.37. The lowest BCUT2D eigenvalue weighted by Crippen LogP contribution is -2.13. The summed E-state index contributed by atoms with van der Waals surface area (Å²) in [6, 6.07) is 3.99. The van der Waals surface area contributed by atoms with Crippen molar-refractivity contribution in [1.29, 1.82) is 0 Å². The second-order valence-electron chi connectivity index (χ2n) is 4.32. The van der Waals surface area contributed by atoms with Crippen molar-refractivity contribution in [2.45, 2.75) is 33.4 Å². The Hall–Kier alpha value is -0.840. The van der Waals surface area contributed by atoms with Gasteiger partial charge < -0.3 is 5.32 Å². The summed E-state index contributed by atoms with van der Waals surface area (Å²) in [4.78, 5) is 1.23. The molecular weight excluding hydrogens is 266 g/mol. The van der Waals surface area contributed by atoms with Crippen LogP contribution in [-0.4, -0.2) is 16.3 Å². The predicted molar refractivity (Wildman–Crippen MR) is 77.4 cm³/mol. The molecule has 0 aliphatic heterocycles. The van der Waals surface area contributed by atoms with Crippen molar-refractivity contribution < 1.29 is 0 Å². The van der Waals surface area contributed by atoms with Gasteiger partial charge in [-0.2, -0.15) is 5.10 Å². The number of hydrogen-bond acceptors (Lipinski definition) is 3. The van der Waals surface area contributed by atoms with E-state index in [1.807, 2.05) is 10.7 Å². The molecule has 2 aromatic heterocycles. The third kappa shape index (κ3) is 3.57. The molecule has 0 saturated carbocycles. The Morgan fingerprint density at radius 3 is 2.94 bits per heavy atom. The highest BCUT2D eigenvalue weighted by molar-refractivity contribution is 7.16. The van der Waals surface area contributed by atoms with Crippen molar-refractivity contribution in [2.24, 2.45) is 0 Å². The van der Waals surface area contributed by atoms with Gasteiger partial charge in [0.2, 0.25) is 0 Å². The molecule has 0 radical (unpaired) electrons. The summed E-state index contributed by atoms with van der Waals surface area (Å²) in [5, 5.41) is 7.94. The average Bonchev–Trinajstić information content (AvgIpc) is 2.87. The van der Waals surface area contributed by atoms with E-state index < -0.39 is 0 Å². The lowest BCUT2D eigenvalue weighted by atomic mass is 10.2. The van der Waals surface area contributed by atoms with Gasteiger partial charge in [0.25, 0.3) is 0 Å². The number of nitrogens with zero attached hydrogens (tertiary/aromatic N) is 2. The van der Waals surface area contributed by atoms with E-state index in [1.54, 1.807) is 11.3 Å². The van der Waals surface area contributed by atoms with Crippen molar-refractivity contribution in [2.75, 3.05) is 6.54 Å². The van der Waals surface area contributed by atoms with E-state index >= 15 is 0 Å². The van der Waals surface area contributed by atoms with Crippen LogP contribution in [0.25, 0.3) is 0 Å². The van der Waals surface area contributed by atoms with E-state index in [0.717, 1.165) is 36.1 Å². The van der Waals surface area contributed by atoms with E-state index in [-0.39, 0.29) is 0 Å². The Kier molecular flexibility index (Phi) is 4.80. The van der Waals surface area contributed by atoms with Gasteiger partial charge in [0.05, 0.1) is 16.6 Å². The van der Waals surface area contributed by atoms with E-state index in [9.17, 15) is 0 Å². The van der Waals surface area contributed by atoms with Gasteiger partial charge in [-0.25, -0.2) is 0 Å². The molecule has 0 bridgehead atoms. The standard InChI is InChI=1S/C13H18ClN3S/c1-3-6-15-7-11-8-17(16-10(11)2)9-12-4-5-13(14)18-12/h4-5,8,15H,3,6-7,9H2,1-2H3. The van der Waals surface area contributed by atoms with Crippen LogP contribution in [-0.2, 0) is 13.1 Å². The van der Waals surface area contributed by atoms with Gasteiger partial charge in [-0.3, -0.25) is 4.68 Å². The summed E-state index contributed by atoms with van der Waals surface area (Å²) in [6.07, 6.45) is 3.27. The monoisotopic (exact) mass is 283 g/mol. The number of aromatic nitrogens is 2. The molecule has 0 spiro atoms. The third-order valence-electron chi connectivity index (χ3n) is 2.74. The van der Waals surface area contributed by atoms with Crippen LogP contribution in [0.1, 0.15) is 29.5 Å². The maximum Gasteiger partial charge on any atom is 0.0931 e. The lowest BCUT2D eigenvalue weighted by molar-refractivity contribution is 0.670. The molecule has 0 aliphatic carbocycles. The van der Waals surface area contributed by atoms with E-state index in [0.29, 0.717) is 0 Å². The Balaban J connectivity index is 1.99. The molecule has 0 atom stereocenters. The summed E-state index contributed by atoms with van der Waals surface area (Å²) in [5.74, 6) is 0. The van der Waals surface area contributed by atoms with E-state index in [4.69, 9.17) is 11.6 Å². The molecule has 2 aromatic rings. The lowest BCUT2D eigenvalue weighted by Gasteiger charge is -2.00. The molecule has 0 unspecified atom stereocenters. The summed E-state index contributed by atoms with van der Waals surface area (Å²) < 4.78 is 2.82. The number of aryl methyl sites for hydroxylation is 1. The highest BCUT2D eigenvalue weighted by Gasteiger charge is 2.06. The molecule has 0 amide bonds. The molecule has 0 aliphatic rings. The van der Waals surface area contributed by atoms with Crippen LogP contribution in [0, 0.1) is 6.92 Å². The summed E-state index contributed by atoms with van der Waals surface area (Å²) >= 11 is 7.53. The molecule has 2 heterocycles. The van der Waals surface area contributed by atoms with Crippen LogP contribution in [0.15, 0.2) is 18.3 Å². The van der Waals surface area contributed by atoms with Crippen LogP contribution in [0.3, 0.4) is 0 Å². The minimum absolute atomic E-state index is 0.798. The topological polar surface area (TPSA) is 29.9 Å². The van der Waals surface area contributed by atoms with Gasteiger partial charge in [-0.15, -0.1) is 11.3 Å². The number of halogens is 1. The number of nitrogens with one attached hydrogen (secondary N) is 1. The van der Waals surface area contributed by atoms with Crippen LogP contribution < -0.4 is 5.32 Å². The predicted octanol–water partition coefficient (Wildman–Crippen LogP) is 3.45.